The largest absolute Gasteiger partial charge is 0.444 e. The van der Waals surface area contributed by atoms with Crippen molar-refractivity contribution >= 4 is 17.7 Å². The zero-order valence-electron chi connectivity index (χ0n) is 21.1. The van der Waals surface area contributed by atoms with Crippen molar-refractivity contribution < 1.29 is 14.3 Å². The van der Waals surface area contributed by atoms with E-state index in [9.17, 15) is 14.9 Å². The van der Waals surface area contributed by atoms with E-state index in [1.807, 2.05) is 91.9 Å². The Labute approximate surface area is 212 Å². The molecule has 2 atom stereocenters. The number of rotatable bonds is 6. The topological polar surface area (TPSA) is 82.4 Å². The van der Waals surface area contributed by atoms with E-state index in [2.05, 4.69) is 11.4 Å². The molecule has 0 aliphatic carbocycles. The van der Waals surface area contributed by atoms with Crippen molar-refractivity contribution in [3.05, 3.63) is 102 Å². The van der Waals surface area contributed by atoms with E-state index in [1.165, 1.54) is 0 Å². The van der Waals surface area contributed by atoms with Crippen LogP contribution in [-0.2, 0) is 27.0 Å². The Morgan fingerprint density at radius 1 is 0.972 bits per heavy atom. The highest BCUT2D eigenvalue weighted by molar-refractivity contribution is 6.10. The lowest BCUT2D eigenvalue weighted by Gasteiger charge is -2.43. The lowest BCUT2D eigenvalue weighted by atomic mass is 9.61. The number of carbonyl (C=O) groups is 2. The molecule has 3 aromatic carbocycles. The molecule has 36 heavy (non-hydrogen) atoms. The first-order valence-corrected chi connectivity index (χ1v) is 12.1. The summed E-state index contributed by atoms with van der Waals surface area (Å²) in [6.07, 6.45) is -0.473. The van der Waals surface area contributed by atoms with Gasteiger partial charge in [-0.15, -0.1) is 0 Å². The number of carbonyl (C=O) groups excluding carboxylic acids is 2. The maximum Gasteiger partial charge on any atom is 0.408 e. The van der Waals surface area contributed by atoms with E-state index >= 15 is 0 Å². The first-order valence-electron chi connectivity index (χ1n) is 12.1. The van der Waals surface area contributed by atoms with Gasteiger partial charge in [-0.25, -0.2) is 4.79 Å². The molecule has 0 saturated heterocycles. The molecule has 1 heterocycles. The molecule has 6 nitrogen and oxygen atoms in total. The molecule has 0 spiro atoms. The Balaban J connectivity index is 1.98. The monoisotopic (exact) mass is 481 g/mol. The Bertz CT molecular complexity index is 1290. The minimum absolute atomic E-state index is 0.280. The Morgan fingerprint density at radius 3 is 2.14 bits per heavy atom. The van der Waals surface area contributed by atoms with Crippen LogP contribution in [0.15, 0.2) is 84.9 Å². The van der Waals surface area contributed by atoms with Crippen LogP contribution in [0.25, 0.3) is 0 Å². The third kappa shape index (κ3) is 4.11. The van der Waals surface area contributed by atoms with Crippen molar-refractivity contribution in [3.8, 4) is 6.07 Å². The SMILES string of the molecule is CC[C@](C#N)(c1ccccc1)[C@@]1(NC(=O)OC(C)(C)C)C(=O)N(Cc2ccccc2)c2ccccc21. The minimum Gasteiger partial charge on any atom is -0.444 e. The van der Waals surface area contributed by atoms with E-state index in [0.29, 0.717) is 23.4 Å². The molecule has 0 fully saturated rings. The van der Waals surface area contributed by atoms with Crippen molar-refractivity contribution in [1.82, 2.24) is 5.32 Å². The Hall–Kier alpha value is -4.11. The number of nitrogens with one attached hydrogen (secondary N) is 1. The van der Waals surface area contributed by atoms with Crippen LogP contribution in [0, 0.1) is 11.3 Å². The van der Waals surface area contributed by atoms with Crippen molar-refractivity contribution in [2.24, 2.45) is 0 Å². The third-order valence-corrected chi connectivity index (χ3v) is 6.66. The van der Waals surface area contributed by atoms with Crippen LogP contribution in [0.5, 0.6) is 0 Å². The summed E-state index contributed by atoms with van der Waals surface area (Å²) in [6, 6.07) is 28.7. The third-order valence-electron chi connectivity index (χ3n) is 6.66. The summed E-state index contributed by atoms with van der Waals surface area (Å²) in [5.41, 5.74) is -1.07. The highest BCUT2D eigenvalue weighted by Gasteiger charge is 2.65. The van der Waals surface area contributed by atoms with Gasteiger partial charge in [0.25, 0.3) is 5.91 Å². The fraction of sp³-hybridized carbons (Fsp3) is 0.300. The molecule has 6 heteroatoms. The van der Waals surface area contributed by atoms with Gasteiger partial charge in [0.1, 0.15) is 11.0 Å². The summed E-state index contributed by atoms with van der Waals surface area (Å²) in [6.45, 7) is 7.46. The molecule has 3 aromatic rings. The van der Waals surface area contributed by atoms with Gasteiger partial charge in [0.15, 0.2) is 5.54 Å². The van der Waals surface area contributed by atoms with Crippen LogP contribution >= 0.6 is 0 Å². The molecule has 0 saturated carbocycles. The number of ether oxygens (including phenoxy) is 1. The molecule has 184 valence electrons. The maximum absolute atomic E-state index is 14.6. The van der Waals surface area contributed by atoms with Gasteiger partial charge in [-0.05, 0) is 44.4 Å². The zero-order valence-corrected chi connectivity index (χ0v) is 21.1. The van der Waals surface area contributed by atoms with E-state index in [0.717, 1.165) is 5.56 Å². The predicted molar refractivity (Wildman–Crippen MR) is 139 cm³/mol. The van der Waals surface area contributed by atoms with Crippen LogP contribution < -0.4 is 10.2 Å². The van der Waals surface area contributed by atoms with Gasteiger partial charge in [-0.1, -0.05) is 85.8 Å². The molecular weight excluding hydrogens is 450 g/mol. The first-order chi connectivity index (χ1) is 17.2. The molecule has 0 unspecified atom stereocenters. The normalized spacial score (nSPS) is 18.6. The van der Waals surface area contributed by atoms with Gasteiger partial charge in [0, 0.05) is 5.56 Å². The van der Waals surface area contributed by atoms with Gasteiger partial charge < -0.3 is 15.0 Å². The number of hydrogen-bond acceptors (Lipinski definition) is 4. The number of anilines is 1. The average Bonchev–Trinajstić information content (AvgIpc) is 3.09. The second-order valence-corrected chi connectivity index (χ2v) is 10.0. The molecule has 2 amide bonds. The molecule has 0 aromatic heterocycles. The van der Waals surface area contributed by atoms with Gasteiger partial charge in [0.05, 0.1) is 18.3 Å². The predicted octanol–water partition coefficient (Wildman–Crippen LogP) is 5.82. The molecule has 0 bridgehead atoms. The molecule has 0 radical (unpaired) electrons. The lowest BCUT2D eigenvalue weighted by molar-refractivity contribution is -0.127. The standard InChI is InChI=1S/C30H31N3O3/c1-5-29(21-31,23-16-10-7-11-17-23)30(32-27(35)36-28(2,3)4)24-18-12-13-19-25(24)33(26(30)34)20-22-14-8-6-9-15-22/h6-19H,5,20H2,1-4H3,(H,32,35)/t29-,30-/m0/s1. The highest BCUT2D eigenvalue weighted by atomic mass is 16.6. The molecular formula is C30H31N3O3. The number of fused-ring (bicyclic) bond motifs is 1. The number of benzene rings is 3. The number of nitriles is 1. The number of hydrogen-bond donors (Lipinski definition) is 1. The molecule has 1 aliphatic rings. The number of para-hydroxylation sites is 1. The average molecular weight is 482 g/mol. The first kappa shape index (κ1) is 25.0. The zero-order chi connectivity index (χ0) is 26.0. The fourth-order valence-corrected chi connectivity index (χ4v) is 5.11. The molecule has 1 aliphatic heterocycles. The summed E-state index contributed by atoms with van der Waals surface area (Å²) in [5.74, 6) is -0.370. The van der Waals surface area contributed by atoms with E-state index in [1.54, 1.807) is 25.7 Å². The van der Waals surface area contributed by atoms with E-state index < -0.39 is 22.6 Å². The lowest BCUT2D eigenvalue weighted by Crippen LogP contribution is -2.64. The van der Waals surface area contributed by atoms with Gasteiger partial charge in [0.2, 0.25) is 0 Å². The molecule has 1 N–H and O–H groups in total. The number of alkyl carbamates (subject to hydrolysis) is 1. The van der Waals surface area contributed by atoms with Gasteiger partial charge in [-0.3, -0.25) is 4.79 Å². The Kier molecular flexibility index (Phi) is 6.60. The van der Waals surface area contributed by atoms with Crippen molar-refractivity contribution in [1.29, 1.82) is 5.26 Å². The second kappa shape index (κ2) is 9.50. The van der Waals surface area contributed by atoms with Crippen LogP contribution in [-0.4, -0.2) is 17.6 Å². The second-order valence-electron chi connectivity index (χ2n) is 10.0. The van der Waals surface area contributed by atoms with Crippen LogP contribution in [0.3, 0.4) is 0 Å². The molecule has 4 rings (SSSR count). The fourth-order valence-electron chi connectivity index (χ4n) is 5.11. The number of amides is 2. The summed E-state index contributed by atoms with van der Waals surface area (Å²) in [7, 11) is 0. The van der Waals surface area contributed by atoms with Crippen molar-refractivity contribution in [3.63, 3.8) is 0 Å². The highest BCUT2D eigenvalue weighted by Crippen LogP contribution is 2.53. The van der Waals surface area contributed by atoms with Crippen LogP contribution in [0.1, 0.15) is 50.8 Å². The smallest absolute Gasteiger partial charge is 0.408 e. The van der Waals surface area contributed by atoms with E-state index in [4.69, 9.17) is 4.74 Å². The summed E-state index contributed by atoms with van der Waals surface area (Å²) >= 11 is 0. The summed E-state index contributed by atoms with van der Waals surface area (Å²) < 4.78 is 5.63. The summed E-state index contributed by atoms with van der Waals surface area (Å²) in [4.78, 5) is 29.6. The van der Waals surface area contributed by atoms with Gasteiger partial charge >= 0.3 is 6.09 Å². The van der Waals surface area contributed by atoms with Gasteiger partial charge in [-0.2, -0.15) is 5.26 Å². The van der Waals surface area contributed by atoms with Crippen molar-refractivity contribution in [2.75, 3.05) is 4.90 Å². The maximum atomic E-state index is 14.6. The minimum atomic E-state index is -1.70. The number of nitrogens with zero attached hydrogens (tertiary/aromatic N) is 2. The van der Waals surface area contributed by atoms with Crippen LogP contribution in [0.4, 0.5) is 10.5 Å². The quantitative estimate of drug-likeness (QED) is 0.481. The summed E-state index contributed by atoms with van der Waals surface area (Å²) in [5, 5.41) is 13.7. The van der Waals surface area contributed by atoms with E-state index in [-0.39, 0.29) is 12.3 Å². The Morgan fingerprint density at radius 2 is 1.56 bits per heavy atom. The van der Waals surface area contributed by atoms with Crippen molar-refractivity contribution in [2.45, 2.75) is 57.2 Å². The van der Waals surface area contributed by atoms with Crippen LogP contribution in [0.2, 0.25) is 0 Å².